The van der Waals surface area contributed by atoms with Crippen molar-refractivity contribution in [1.82, 2.24) is 9.97 Å². The first kappa shape index (κ1) is 17.3. The summed E-state index contributed by atoms with van der Waals surface area (Å²) in [5.74, 6) is -0.991. The van der Waals surface area contributed by atoms with Crippen LogP contribution in [-0.4, -0.2) is 16.0 Å². The maximum atomic E-state index is 14.4. The van der Waals surface area contributed by atoms with E-state index >= 15 is 0 Å². The van der Waals surface area contributed by atoms with Crippen molar-refractivity contribution in [1.29, 1.82) is 0 Å². The quantitative estimate of drug-likeness (QED) is 0.732. The average Bonchev–Trinajstić information content (AvgIpc) is 2.60. The van der Waals surface area contributed by atoms with Crippen molar-refractivity contribution in [2.24, 2.45) is 5.73 Å². The van der Waals surface area contributed by atoms with Crippen LogP contribution in [0.2, 0.25) is 0 Å². The predicted octanol–water partition coefficient (Wildman–Crippen LogP) is 3.49. The Morgan fingerprint density at radius 1 is 1.12 bits per heavy atom. The molecule has 6 nitrogen and oxygen atoms in total. The van der Waals surface area contributed by atoms with Crippen molar-refractivity contribution >= 4 is 11.7 Å². The van der Waals surface area contributed by atoms with E-state index in [0.717, 1.165) is 0 Å². The van der Waals surface area contributed by atoms with Crippen molar-refractivity contribution in [3.63, 3.8) is 0 Å². The Morgan fingerprint density at radius 2 is 1.88 bits per heavy atom. The summed E-state index contributed by atoms with van der Waals surface area (Å²) < 4.78 is 33.3. The van der Waals surface area contributed by atoms with Crippen molar-refractivity contribution in [3.8, 4) is 17.1 Å². The van der Waals surface area contributed by atoms with E-state index in [1.54, 1.807) is 12.1 Å². The Morgan fingerprint density at radius 3 is 2.65 bits per heavy atom. The third kappa shape index (κ3) is 3.92. The molecule has 0 saturated carbocycles. The predicted molar refractivity (Wildman–Crippen MR) is 91.4 cm³/mol. The maximum absolute atomic E-state index is 14.4. The van der Waals surface area contributed by atoms with E-state index < -0.39 is 17.7 Å². The third-order valence-corrected chi connectivity index (χ3v) is 3.44. The zero-order valence-electron chi connectivity index (χ0n) is 13.4. The normalized spacial score (nSPS) is 10.4. The van der Waals surface area contributed by atoms with Crippen molar-refractivity contribution < 1.29 is 18.3 Å². The number of benzene rings is 2. The van der Waals surface area contributed by atoms with E-state index in [0.29, 0.717) is 5.56 Å². The first-order valence-electron chi connectivity index (χ1n) is 7.58. The van der Waals surface area contributed by atoms with E-state index in [1.165, 1.54) is 42.7 Å². The fraction of sp³-hybridized carbons (Fsp3) is 0.0556. The fourth-order valence-corrected chi connectivity index (χ4v) is 2.38. The van der Waals surface area contributed by atoms with Gasteiger partial charge in [0.15, 0.2) is 0 Å². The van der Waals surface area contributed by atoms with Gasteiger partial charge in [0.2, 0.25) is 5.88 Å². The summed E-state index contributed by atoms with van der Waals surface area (Å²) in [5, 5.41) is 2.35. The molecule has 0 spiro atoms. The molecule has 0 atom stereocenters. The second-order valence-corrected chi connectivity index (χ2v) is 5.28. The summed E-state index contributed by atoms with van der Waals surface area (Å²) in [6, 6.07) is 9.15. The molecule has 26 heavy (non-hydrogen) atoms. The number of nitrogens with zero attached hydrogens (tertiary/aromatic N) is 2. The van der Waals surface area contributed by atoms with Gasteiger partial charge in [-0.3, -0.25) is 0 Å². The smallest absolute Gasteiger partial charge is 0.316 e. The molecule has 0 aliphatic rings. The van der Waals surface area contributed by atoms with Crippen LogP contribution < -0.4 is 15.8 Å². The molecule has 8 heteroatoms. The maximum Gasteiger partial charge on any atom is 0.316 e. The van der Waals surface area contributed by atoms with Gasteiger partial charge in [0.1, 0.15) is 23.9 Å². The first-order chi connectivity index (χ1) is 12.5. The Labute approximate surface area is 147 Å². The van der Waals surface area contributed by atoms with Crippen LogP contribution in [0.3, 0.4) is 0 Å². The molecule has 0 fully saturated rings. The summed E-state index contributed by atoms with van der Waals surface area (Å²) in [7, 11) is 0. The van der Waals surface area contributed by atoms with Gasteiger partial charge in [-0.25, -0.2) is 23.5 Å². The molecule has 0 bridgehead atoms. The fourth-order valence-electron chi connectivity index (χ4n) is 2.38. The van der Waals surface area contributed by atoms with Gasteiger partial charge < -0.3 is 15.8 Å². The lowest BCUT2D eigenvalue weighted by Gasteiger charge is -2.13. The lowest BCUT2D eigenvalue weighted by atomic mass is 10.1. The number of amides is 2. The van der Waals surface area contributed by atoms with Gasteiger partial charge >= 0.3 is 6.03 Å². The second kappa shape index (κ2) is 7.56. The molecule has 1 aromatic heterocycles. The van der Waals surface area contributed by atoms with Crippen LogP contribution in [0.4, 0.5) is 19.3 Å². The molecule has 0 aliphatic carbocycles. The van der Waals surface area contributed by atoms with Crippen LogP contribution in [0.5, 0.6) is 5.88 Å². The molecule has 2 amide bonds. The van der Waals surface area contributed by atoms with Gasteiger partial charge in [-0.1, -0.05) is 18.2 Å². The van der Waals surface area contributed by atoms with Crippen LogP contribution in [0.1, 0.15) is 5.56 Å². The highest BCUT2D eigenvalue weighted by atomic mass is 19.1. The summed E-state index contributed by atoms with van der Waals surface area (Å²) in [6.07, 6.45) is 2.75. The molecule has 0 saturated heterocycles. The summed E-state index contributed by atoms with van der Waals surface area (Å²) in [5.41, 5.74) is 5.92. The van der Waals surface area contributed by atoms with Gasteiger partial charge in [-0.15, -0.1) is 0 Å². The van der Waals surface area contributed by atoms with Crippen LogP contribution in [0.15, 0.2) is 54.9 Å². The van der Waals surface area contributed by atoms with Gasteiger partial charge in [-0.2, -0.15) is 0 Å². The molecular formula is C18H14F2N4O2. The number of nitrogens with one attached hydrogen (secondary N) is 1. The second-order valence-electron chi connectivity index (χ2n) is 5.28. The highest BCUT2D eigenvalue weighted by molar-refractivity contribution is 5.93. The van der Waals surface area contributed by atoms with E-state index in [2.05, 4.69) is 15.3 Å². The highest BCUT2D eigenvalue weighted by Gasteiger charge is 2.19. The molecular weight excluding hydrogens is 342 g/mol. The number of carbonyl (C=O) groups is 1. The third-order valence-electron chi connectivity index (χ3n) is 3.44. The highest BCUT2D eigenvalue weighted by Crippen LogP contribution is 2.34. The molecule has 3 aromatic rings. The lowest BCUT2D eigenvalue weighted by Crippen LogP contribution is -2.20. The zero-order chi connectivity index (χ0) is 18.5. The summed E-state index contributed by atoms with van der Waals surface area (Å²) in [4.78, 5) is 19.4. The van der Waals surface area contributed by atoms with E-state index in [9.17, 15) is 13.6 Å². The number of hydrogen-bond donors (Lipinski definition) is 2. The molecule has 0 aliphatic heterocycles. The number of rotatable bonds is 5. The van der Waals surface area contributed by atoms with E-state index in [-0.39, 0.29) is 29.4 Å². The number of hydrogen-bond acceptors (Lipinski definition) is 4. The van der Waals surface area contributed by atoms with Crippen molar-refractivity contribution in [2.45, 2.75) is 6.61 Å². The largest absolute Gasteiger partial charge is 0.471 e. The van der Waals surface area contributed by atoms with Gasteiger partial charge in [-0.05, 0) is 29.8 Å². The van der Waals surface area contributed by atoms with Gasteiger partial charge in [0.05, 0.1) is 11.3 Å². The lowest BCUT2D eigenvalue weighted by molar-refractivity contribution is 0.259. The average molecular weight is 356 g/mol. The molecule has 3 rings (SSSR count). The zero-order valence-corrected chi connectivity index (χ0v) is 13.4. The molecule has 132 valence electrons. The van der Waals surface area contributed by atoms with Crippen LogP contribution in [0.25, 0.3) is 11.3 Å². The van der Waals surface area contributed by atoms with E-state index in [1.807, 2.05) is 0 Å². The minimum Gasteiger partial charge on any atom is -0.471 e. The monoisotopic (exact) mass is 356 g/mol. The van der Waals surface area contributed by atoms with Crippen LogP contribution >= 0.6 is 0 Å². The number of urea groups is 1. The van der Waals surface area contributed by atoms with Gasteiger partial charge in [0, 0.05) is 12.4 Å². The molecule has 2 aromatic carbocycles. The minimum atomic E-state index is -0.844. The Balaban J connectivity index is 1.96. The number of carbonyl (C=O) groups excluding carboxylic acids is 1. The summed E-state index contributed by atoms with van der Waals surface area (Å²) >= 11 is 0. The number of aromatic nitrogens is 2. The topological polar surface area (TPSA) is 90.1 Å². The number of halogens is 2. The number of nitrogens with two attached hydrogens (primary N) is 1. The Kier molecular flexibility index (Phi) is 5.02. The molecule has 0 radical (unpaired) electrons. The summed E-state index contributed by atoms with van der Waals surface area (Å²) in [6.45, 7) is 0.0104. The van der Waals surface area contributed by atoms with Crippen molar-refractivity contribution in [2.75, 3.05) is 5.32 Å². The van der Waals surface area contributed by atoms with Gasteiger partial charge in [0.25, 0.3) is 0 Å². The molecule has 3 N–H and O–H groups in total. The molecule has 1 heterocycles. The SMILES string of the molecule is NC(=O)Nc1cccc(F)c1-c1nccnc1OCc1cccc(F)c1. The number of ether oxygens (including phenoxy) is 1. The Hall–Kier alpha value is -3.55. The standard InChI is InChI=1S/C18H14F2N4O2/c19-12-4-1-3-11(9-12)10-26-17-16(22-7-8-23-17)15-13(20)5-2-6-14(15)24-18(21)25/h1-9H,10H2,(H3,21,24,25). The van der Waals surface area contributed by atoms with Crippen molar-refractivity contribution in [3.05, 3.63) is 72.1 Å². The van der Waals surface area contributed by atoms with Crippen LogP contribution in [0, 0.1) is 11.6 Å². The number of anilines is 1. The minimum absolute atomic E-state index is 0.00589. The number of primary amides is 1. The van der Waals surface area contributed by atoms with Crippen LogP contribution in [-0.2, 0) is 6.61 Å². The first-order valence-corrected chi connectivity index (χ1v) is 7.58. The Bertz CT molecular complexity index is 950. The molecule has 0 unspecified atom stereocenters. The van der Waals surface area contributed by atoms with E-state index in [4.69, 9.17) is 10.5 Å².